The van der Waals surface area contributed by atoms with Crippen LogP contribution in [0.5, 0.6) is 0 Å². The van der Waals surface area contributed by atoms with Crippen LogP contribution in [0.2, 0.25) is 0 Å². The molecule has 0 saturated carbocycles. The maximum Gasteiger partial charge on any atom is 0.265 e. The molecule has 0 aromatic heterocycles. The Balaban J connectivity index is 4.64. The molecule has 0 bridgehead atoms. The Morgan fingerprint density at radius 3 is 1.87 bits per heavy atom. The fourth-order valence-electron chi connectivity index (χ4n) is 0.609. The lowest BCUT2D eigenvalue weighted by atomic mass is 9.95. The van der Waals surface area contributed by atoms with Crippen LogP contribution in [-0.2, 0) is 19.1 Å². The van der Waals surface area contributed by atoms with Gasteiger partial charge in [0.2, 0.25) is 5.91 Å². The van der Waals surface area contributed by atoms with Crippen LogP contribution >= 0.6 is 0 Å². The van der Waals surface area contributed by atoms with Crippen molar-refractivity contribution in [2.45, 2.75) is 33.3 Å². The highest BCUT2D eigenvalue weighted by atomic mass is 16.5. The Labute approximate surface area is 89.2 Å². The topological polar surface area (TPSA) is 72.5 Å². The van der Waals surface area contributed by atoms with Gasteiger partial charge in [0.05, 0.1) is 0 Å². The number of rotatable bonds is 3. The van der Waals surface area contributed by atoms with Gasteiger partial charge in [-0.15, -0.1) is 0 Å². The van der Waals surface area contributed by atoms with E-state index in [2.05, 4.69) is 5.32 Å². The maximum absolute atomic E-state index is 11.5. The SMILES string of the molecule is COC(C)(C=O)C(=O)NC(=O)C(C)(C)C. The van der Waals surface area contributed by atoms with Gasteiger partial charge in [-0.05, 0) is 6.92 Å². The number of imide groups is 1. The second-order valence-electron chi connectivity index (χ2n) is 4.46. The van der Waals surface area contributed by atoms with E-state index in [1.165, 1.54) is 14.0 Å². The highest BCUT2D eigenvalue weighted by molar-refractivity contribution is 6.08. The normalized spacial score (nSPS) is 15.3. The second kappa shape index (κ2) is 4.53. The fraction of sp³-hybridized carbons (Fsp3) is 0.700. The number of amides is 2. The molecule has 0 aliphatic rings. The lowest BCUT2D eigenvalue weighted by Crippen LogP contribution is -2.51. The summed E-state index contributed by atoms with van der Waals surface area (Å²) in [6, 6.07) is 0. The van der Waals surface area contributed by atoms with Crippen molar-refractivity contribution in [2.75, 3.05) is 7.11 Å². The van der Waals surface area contributed by atoms with Crippen LogP contribution in [-0.4, -0.2) is 30.8 Å². The van der Waals surface area contributed by atoms with Crippen molar-refractivity contribution in [3.05, 3.63) is 0 Å². The van der Waals surface area contributed by atoms with Gasteiger partial charge in [-0.2, -0.15) is 0 Å². The van der Waals surface area contributed by atoms with Gasteiger partial charge in [-0.1, -0.05) is 20.8 Å². The largest absolute Gasteiger partial charge is 0.361 e. The molecule has 0 rings (SSSR count). The Kier molecular flexibility index (Phi) is 4.16. The van der Waals surface area contributed by atoms with E-state index in [9.17, 15) is 14.4 Å². The van der Waals surface area contributed by atoms with Crippen LogP contribution in [0, 0.1) is 5.41 Å². The van der Waals surface area contributed by atoms with Crippen molar-refractivity contribution in [1.29, 1.82) is 0 Å². The summed E-state index contributed by atoms with van der Waals surface area (Å²) in [5.41, 5.74) is -2.30. The molecule has 5 heteroatoms. The van der Waals surface area contributed by atoms with Gasteiger partial charge in [0.15, 0.2) is 11.9 Å². The molecule has 0 aromatic carbocycles. The van der Waals surface area contributed by atoms with Crippen molar-refractivity contribution in [3.63, 3.8) is 0 Å². The van der Waals surface area contributed by atoms with Crippen molar-refractivity contribution in [2.24, 2.45) is 5.41 Å². The van der Waals surface area contributed by atoms with E-state index in [0.717, 1.165) is 0 Å². The Bertz CT molecular complexity index is 280. The Morgan fingerprint density at radius 2 is 1.60 bits per heavy atom. The van der Waals surface area contributed by atoms with E-state index in [0.29, 0.717) is 6.29 Å². The third-order valence-electron chi connectivity index (χ3n) is 2.01. The molecular weight excluding hydrogens is 198 g/mol. The Hall–Kier alpha value is -1.23. The summed E-state index contributed by atoms with van der Waals surface area (Å²) >= 11 is 0. The highest BCUT2D eigenvalue weighted by Gasteiger charge is 2.35. The molecule has 0 aliphatic heterocycles. The minimum Gasteiger partial charge on any atom is -0.361 e. The third-order valence-corrected chi connectivity index (χ3v) is 2.01. The molecule has 86 valence electrons. The van der Waals surface area contributed by atoms with E-state index in [4.69, 9.17) is 4.74 Å². The first-order chi connectivity index (χ1) is 6.67. The average Bonchev–Trinajstić information content (AvgIpc) is 2.14. The first-order valence-corrected chi connectivity index (χ1v) is 4.54. The number of carbonyl (C=O) groups excluding carboxylic acids is 3. The number of hydrogen-bond acceptors (Lipinski definition) is 4. The molecule has 1 unspecified atom stereocenters. The number of methoxy groups -OCH3 is 1. The van der Waals surface area contributed by atoms with Gasteiger partial charge in [0.25, 0.3) is 5.91 Å². The molecule has 2 amide bonds. The predicted molar refractivity (Wildman–Crippen MR) is 54.1 cm³/mol. The van der Waals surface area contributed by atoms with E-state index in [-0.39, 0.29) is 0 Å². The smallest absolute Gasteiger partial charge is 0.265 e. The van der Waals surface area contributed by atoms with E-state index in [1.807, 2.05) is 0 Å². The molecule has 15 heavy (non-hydrogen) atoms. The van der Waals surface area contributed by atoms with Gasteiger partial charge in [-0.3, -0.25) is 19.7 Å². The van der Waals surface area contributed by atoms with Crippen LogP contribution in [0.1, 0.15) is 27.7 Å². The number of ether oxygens (including phenoxy) is 1. The maximum atomic E-state index is 11.5. The molecule has 0 spiro atoms. The third kappa shape index (κ3) is 3.43. The number of carbonyl (C=O) groups is 3. The number of nitrogens with one attached hydrogen (secondary N) is 1. The first kappa shape index (κ1) is 13.8. The standard InChI is InChI=1S/C10H17NO4/c1-9(2,3)7(13)11-8(14)10(4,6-12)15-5/h6H,1-5H3,(H,11,13,14). The molecular formula is C10H17NO4. The molecule has 1 atom stereocenters. The zero-order chi connectivity index (χ0) is 12.3. The van der Waals surface area contributed by atoms with Crippen LogP contribution in [0.15, 0.2) is 0 Å². The van der Waals surface area contributed by atoms with E-state index >= 15 is 0 Å². The lowest BCUT2D eigenvalue weighted by Gasteiger charge is -2.23. The average molecular weight is 215 g/mol. The summed E-state index contributed by atoms with van der Waals surface area (Å²) in [6.07, 6.45) is 0.359. The fourth-order valence-corrected chi connectivity index (χ4v) is 0.609. The molecule has 0 heterocycles. The van der Waals surface area contributed by atoms with Gasteiger partial charge in [0, 0.05) is 12.5 Å². The molecule has 0 fully saturated rings. The van der Waals surface area contributed by atoms with Gasteiger partial charge >= 0.3 is 0 Å². The van der Waals surface area contributed by atoms with E-state index < -0.39 is 22.8 Å². The quantitative estimate of drug-likeness (QED) is 0.542. The number of hydrogen-bond donors (Lipinski definition) is 1. The minimum atomic E-state index is -1.61. The summed E-state index contributed by atoms with van der Waals surface area (Å²) in [6.45, 7) is 6.30. The van der Waals surface area contributed by atoms with E-state index in [1.54, 1.807) is 20.8 Å². The molecule has 0 saturated heterocycles. The van der Waals surface area contributed by atoms with Crippen molar-refractivity contribution in [3.8, 4) is 0 Å². The van der Waals surface area contributed by atoms with Crippen LogP contribution < -0.4 is 5.32 Å². The highest BCUT2D eigenvalue weighted by Crippen LogP contribution is 2.14. The minimum absolute atomic E-state index is 0.359. The van der Waals surface area contributed by atoms with Crippen molar-refractivity contribution >= 4 is 18.1 Å². The summed E-state index contributed by atoms with van der Waals surface area (Å²) in [5, 5.41) is 2.13. The summed E-state index contributed by atoms with van der Waals surface area (Å²) in [7, 11) is 1.23. The second-order valence-corrected chi connectivity index (χ2v) is 4.46. The van der Waals surface area contributed by atoms with Crippen LogP contribution in [0.3, 0.4) is 0 Å². The zero-order valence-electron chi connectivity index (χ0n) is 9.71. The molecule has 1 N–H and O–H groups in total. The molecule has 0 aliphatic carbocycles. The lowest BCUT2D eigenvalue weighted by molar-refractivity contribution is -0.150. The van der Waals surface area contributed by atoms with Crippen molar-refractivity contribution in [1.82, 2.24) is 5.32 Å². The predicted octanol–water partition coefficient (Wildman–Crippen LogP) is 0.279. The first-order valence-electron chi connectivity index (χ1n) is 4.54. The summed E-state index contributed by atoms with van der Waals surface area (Å²) < 4.78 is 4.73. The Morgan fingerprint density at radius 1 is 1.13 bits per heavy atom. The van der Waals surface area contributed by atoms with Gasteiger partial charge in [-0.25, -0.2) is 0 Å². The zero-order valence-corrected chi connectivity index (χ0v) is 9.71. The van der Waals surface area contributed by atoms with Crippen molar-refractivity contribution < 1.29 is 19.1 Å². The van der Waals surface area contributed by atoms with Gasteiger partial charge in [0.1, 0.15) is 0 Å². The number of aldehydes is 1. The summed E-state index contributed by atoms with van der Waals surface area (Å²) in [4.78, 5) is 33.6. The van der Waals surface area contributed by atoms with Crippen LogP contribution in [0.4, 0.5) is 0 Å². The monoisotopic (exact) mass is 215 g/mol. The van der Waals surface area contributed by atoms with Gasteiger partial charge < -0.3 is 4.74 Å². The summed E-state index contributed by atoms with van der Waals surface area (Å²) in [5.74, 6) is -1.20. The van der Waals surface area contributed by atoms with Crippen LogP contribution in [0.25, 0.3) is 0 Å². The molecule has 0 aromatic rings. The molecule has 5 nitrogen and oxygen atoms in total. The molecule has 0 radical (unpaired) electrons.